The lowest BCUT2D eigenvalue weighted by Gasteiger charge is -2.26. The van der Waals surface area contributed by atoms with Crippen LogP contribution in [0.2, 0.25) is 0 Å². The minimum absolute atomic E-state index is 0.0335. The van der Waals surface area contributed by atoms with E-state index in [1.54, 1.807) is 29.2 Å². The van der Waals surface area contributed by atoms with Crippen molar-refractivity contribution in [3.63, 3.8) is 0 Å². The first-order chi connectivity index (χ1) is 13.0. The van der Waals surface area contributed by atoms with Gasteiger partial charge in [0.1, 0.15) is 0 Å². The molecule has 0 aliphatic heterocycles. The van der Waals surface area contributed by atoms with Gasteiger partial charge in [0, 0.05) is 17.1 Å². The zero-order valence-electron chi connectivity index (χ0n) is 15.0. The van der Waals surface area contributed by atoms with Gasteiger partial charge in [-0.3, -0.25) is 9.59 Å². The van der Waals surface area contributed by atoms with Crippen molar-refractivity contribution < 1.29 is 14.3 Å². The smallest absolute Gasteiger partial charge is 0.359 e. The van der Waals surface area contributed by atoms with Gasteiger partial charge in [0.15, 0.2) is 12.3 Å². The van der Waals surface area contributed by atoms with Crippen molar-refractivity contribution in [2.45, 2.75) is 19.9 Å². The van der Waals surface area contributed by atoms with Crippen LogP contribution in [0.15, 0.2) is 59.4 Å². The number of carbonyl (C=O) groups excluding carboxylic acids is 2. The number of nitrogens with one attached hydrogen (secondary N) is 1. The summed E-state index contributed by atoms with van der Waals surface area (Å²) in [7, 11) is 0. The van der Waals surface area contributed by atoms with Crippen LogP contribution in [0.1, 0.15) is 24.3 Å². The number of carbonyl (C=O) groups is 2. The second kappa shape index (κ2) is 7.82. The summed E-state index contributed by atoms with van der Waals surface area (Å²) in [6.45, 7) is 3.33. The van der Waals surface area contributed by atoms with Crippen molar-refractivity contribution >= 4 is 28.3 Å². The Hall–Kier alpha value is -3.48. The molecular formula is C20H19N3O4. The molecule has 1 amide bonds. The number of benzene rings is 2. The Morgan fingerprint density at radius 3 is 2.33 bits per heavy atom. The Labute approximate surface area is 155 Å². The number of H-pyrrole nitrogens is 1. The zero-order valence-corrected chi connectivity index (χ0v) is 15.0. The van der Waals surface area contributed by atoms with E-state index in [9.17, 15) is 14.4 Å². The van der Waals surface area contributed by atoms with Gasteiger partial charge in [-0.05, 0) is 32.0 Å². The van der Waals surface area contributed by atoms with E-state index < -0.39 is 18.1 Å². The van der Waals surface area contributed by atoms with Gasteiger partial charge in [0.05, 0.1) is 5.39 Å². The summed E-state index contributed by atoms with van der Waals surface area (Å²) < 4.78 is 5.18. The molecule has 0 aliphatic carbocycles. The molecule has 0 spiro atoms. The first-order valence-electron chi connectivity index (χ1n) is 8.50. The Balaban J connectivity index is 1.78. The SMILES string of the molecule is CC(C)N(C(=O)COC(=O)c1n[nH]c(=O)c2ccccc12)c1ccccc1. The zero-order chi connectivity index (χ0) is 19.4. The number of hydrogen-bond acceptors (Lipinski definition) is 5. The lowest BCUT2D eigenvalue weighted by atomic mass is 10.1. The molecule has 0 saturated heterocycles. The Kier molecular flexibility index (Phi) is 5.30. The van der Waals surface area contributed by atoms with Crippen LogP contribution in [0.3, 0.4) is 0 Å². The fraction of sp³-hybridized carbons (Fsp3) is 0.200. The summed E-state index contributed by atoms with van der Waals surface area (Å²) in [6, 6.07) is 15.6. The van der Waals surface area contributed by atoms with Gasteiger partial charge >= 0.3 is 5.97 Å². The van der Waals surface area contributed by atoms with Gasteiger partial charge in [-0.1, -0.05) is 36.4 Å². The minimum Gasteiger partial charge on any atom is -0.451 e. The van der Waals surface area contributed by atoms with Crippen molar-refractivity contribution in [3.8, 4) is 0 Å². The molecule has 27 heavy (non-hydrogen) atoms. The predicted octanol–water partition coefficient (Wildman–Crippen LogP) is 2.52. The quantitative estimate of drug-likeness (QED) is 0.702. The highest BCUT2D eigenvalue weighted by molar-refractivity contribution is 6.03. The number of esters is 1. The van der Waals surface area contributed by atoms with Crippen LogP contribution in [0.5, 0.6) is 0 Å². The molecule has 0 aliphatic rings. The molecule has 1 N–H and O–H groups in total. The maximum absolute atomic E-state index is 12.6. The average molecular weight is 365 g/mol. The average Bonchev–Trinajstić information content (AvgIpc) is 2.67. The van der Waals surface area contributed by atoms with Crippen LogP contribution in [-0.4, -0.2) is 34.7 Å². The van der Waals surface area contributed by atoms with E-state index >= 15 is 0 Å². The molecule has 1 heterocycles. The van der Waals surface area contributed by atoms with Gasteiger partial charge < -0.3 is 9.64 Å². The first kappa shape index (κ1) is 18.3. The molecule has 0 saturated carbocycles. The van der Waals surface area contributed by atoms with Gasteiger partial charge in [-0.2, -0.15) is 5.10 Å². The number of anilines is 1. The second-order valence-corrected chi connectivity index (χ2v) is 6.22. The van der Waals surface area contributed by atoms with Crippen molar-refractivity contribution in [2.75, 3.05) is 11.5 Å². The summed E-state index contributed by atoms with van der Waals surface area (Å²) in [5, 5.41) is 6.77. The molecule has 0 radical (unpaired) electrons. The Morgan fingerprint density at radius 2 is 1.67 bits per heavy atom. The topological polar surface area (TPSA) is 92.4 Å². The van der Waals surface area contributed by atoms with E-state index in [1.807, 2.05) is 44.2 Å². The summed E-state index contributed by atoms with van der Waals surface area (Å²) >= 11 is 0. The molecule has 3 aromatic rings. The summed E-state index contributed by atoms with van der Waals surface area (Å²) in [6.07, 6.45) is 0. The van der Waals surface area contributed by atoms with Gasteiger partial charge in [-0.15, -0.1) is 0 Å². The van der Waals surface area contributed by atoms with Crippen molar-refractivity contribution in [1.82, 2.24) is 10.2 Å². The van der Waals surface area contributed by atoms with E-state index in [2.05, 4.69) is 10.2 Å². The van der Waals surface area contributed by atoms with E-state index in [1.165, 1.54) is 0 Å². The second-order valence-electron chi connectivity index (χ2n) is 6.22. The third kappa shape index (κ3) is 3.87. The normalized spacial score (nSPS) is 10.8. The minimum atomic E-state index is -0.771. The Bertz CT molecular complexity index is 1030. The fourth-order valence-electron chi connectivity index (χ4n) is 2.85. The number of para-hydroxylation sites is 1. The monoisotopic (exact) mass is 365 g/mol. The van der Waals surface area contributed by atoms with Gasteiger partial charge in [0.25, 0.3) is 11.5 Å². The third-order valence-corrected chi connectivity index (χ3v) is 4.04. The number of amides is 1. The maximum atomic E-state index is 12.6. The van der Waals surface area contributed by atoms with E-state index in [-0.39, 0.29) is 17.6 Å². The standard InChI is InChI=1S/C20H19N3O4/c1-13(2)23(14-8-4-3-5-9-14)17(24)12-27-20(26)18-15-10-6-7-11-16(15)19(25)22-21-18/h3-11,13H,12H2,1-2H3,(H,22,25). The van der Waals surface area contributed by atoms with Crippen LogP contribution in [-0.2, 0) is 9.53 Å². The fourth-order valence-corrected chi connectivity index (χ4v) is 2.85. The van der Waals surface area contributed by atoms with Gasteiger partial charge in [-0.25, -0.2) is 9.89 Å². The number of fused-ring (bicyclic) bond motifs is 1. The summed E-state index contributed by atoms with van der Waals surface area (Å²) in [5.74, 6) is -1.12. The molecular weight excluding hydrogens is 346 g/mol. The molecule has 0 atom stereocenters. The first-order valence-corrected chi connectivity index (χ1v) is 8.50. The van der Waals surface area contributed by atoms with Crippen molar-refractivity contribution in [1.29, 1.82) is 0 Å². The van der Waals surface area contributed by atoms with Crippen LogP contribution >= 0.6 is 0 Å². The van der Waals surface area contributed by atoms with Crippen LogP contribution in [0.25, 0.3) is 10.8 Å². The molecule has 0 fully saturated rings. The number of aromatic nitrogens is 2. The molecule has 0 bridgehead atoms. The van der Waals surface area contributed by atoms with E-state index in [0.29, 0.717) is 10.8 Å². The number of nitrogens with zero attached hydrogens (tertiary/aromatic N) is 2. The Morgan fingerprint density at radius 1 is 1.04 bits per heavy atom. The van der Waals surface area contributed by atoms with Crippen LogP contribution in [0.4, 0.5) is 5.69 Å². The number of rotatable bonds is 5. The number of ether oxygens (including phenoxy) is 1. The molecule has 0 unspecified atom stereocenters. The molecule has 1 aromatic heterocycles. The lowest BCUT2D eigenvalue weighted by Crippen LogP contribution is -2.40. The van der Waals surface area contributed by atoms with Crippen LogP contribution < -0.4 is 10.5 Å². The van der Waals surface area contributed by atoms with Crippen molar-refractivity contribution in [3.05, 3.63) is 70.6 Å². The van der Waals surface area contributed by atoms with Crippen molar-refractivity contribution in [2.24, 2.45) is 0 Å². The number of aromatic amines is 1. The molecule has 7 heteroatoms. The van der Waals surface area contributed by atoms with Gasteiger partial charge in [0.2, 0.25) is 0 Å². The molecule has 2 aromatic carbocycles. The van der Waals surface area contributed by atoms with Crippen LogP contribution in [0, 0.1) is 0 Å². The molecule has 7 nitrogen and oxygen atoms in total. The highest BCUT2D eigenvalue weighted by Crippen LogP contribution is 2.17. The van der Waals surface area contributed by atoms with E-state index in [0.717, 1.165) is 5.69 Å². The molecule has 138 valence electrons. The lowest BCUT2D eigenvalue weighted by molar-refractivity contribution is -0.122. The third-order valence-electron chi connectivity index (χ3n) is 4.04. The summed E-state index contributed by atoms with van der Waals surface area (Å²) in [4.78, 5) is 38.4. The predicted molar refractivity (Wildman–Crippen MR) is 102 cm³/mol. The maximum Gasteiger partial charge on any atom is 0.359 e. The largest absolute Gasteiger partial charge is 0.451 e. The van der Waals surface area contributed by atoms with E-state index in [4.69, 9.17) is 4.74 Å². The number of hydrogen-bond donors (Lipinski definition) is 1. The summed E-state index contributed by atoms with van der Waals surface area (Å²) in [5.41, 5.74) is 0.295. The highest BCUT2D eigenvalue weighted by Gasteiger charge is 2.22. The molecule has 3 rings (SSSR count). The highest BCUT2D eigenvalue weighted by atomic mass is 16.5.